The molecule has 0 spiro atoms. The van der Waals surface area contributed by atoms with E-state index in [1.165, 1.54) is 32.1 Å². The van der Waals surface area contributed by atoms with Gasteiger partial charge in [-0.25, -0.2) is 4.98 Å². The average molecular weight is 553 g/mol. The van der Waals surface area contributed by atoms with Crippen molar-refractivity contribution < 1.29 is 36.9 Å². The first-order valence-corrected chi connectivity index (χ1v) is 10.8. The Kier molecular flexibility index (Phi) is 12.0. The van der Waals surface area contributed by atoms with Crippen LogP contribution >= 0.6 is 15.9 Å². The topological polar surface area (TPSA) is 122 Å². The molecule has 8 nitrogen and oxygen atoms in total. The van der Waals surface area contributed by atoms with E-state index in [9.17, 15) is 0 Å². The molecule has 4 rings (SSSR count). The SMILES string of the molecule is Brc1ccc2nc(-c3ccccn3)c(NC3CCCCC3)n2c1.CC(=O)[O-].CC(=O)[O-].[Cu+2]. The van der Waals surface area contributed by atoms with E-state index in [0.717, 1.165) is 41.2 Å². The second kappa shape index (κ2) is 13.9. The Labute approximate surface area is 206 Å². The number of anilines is 1. The van der Waals surface area contributed by atoms with Crippen LogP contribution in [0.3, 0.4) is 0 Å². The molecule has 1 fully saturated rings. The standard InChI is InChI=1S/C18H19BrN4.2C2H4O2.Cu/c19-13-9-10-16-22-17(15-8-4-5-11-20-15)18(23(16)12-13)21-14-6-2-1-3-7-14;2*1-2(3)4;/h4-5,8-12,14,21H,1-3,6-7H2;2*1H3,(H,3,4);/q;;;+2/p-2. The van der Waals surface area contributed by atoms with Crippen LogP contribution in [0.4, 0.5) is 5.82 Å². The molecular formula is C22H25BrCuN4O4. The normalized spacial score (nSPS) is 13.0. The predicted octanol–water partition coefficient (Wildman–Crippen LogP) is 2.41. The first kappa shape index (κ1) is 27.6. The minimum absolute atomic E-state index is 0. The molecule has 0 amide bonds. The molecule has 32 heavy (non-hydrogen) atoms. The van der Waals surface area contributed by atoms with Gasteiger partial charge in [0.05, 0.1) is 5.69 Å². The summed E-state index contributed by atoms with van der Waals surface area (Å²) < 4.78 is 3.17. The minimum Gasteiger partial charge on any atom is -0.550 e. The number of aliphatic carboxylic acids is 2. The molecule has 3 aromatic rings. The number of hydrogen-bond acceptors (Lipinski definition) is 7. The Hall–Kier alpha value is -2.42. The van der Waals surface area contributed by atoms with Gasteiger partial charge in [0, 0.05) is 34.8 Å². The molecule has 0 unspecified atom stereocenters. The van der Waals surface area contributed by atoms with E-state index in [1.807, 2.05) is 36.5 Å². The molecule has 1 aliphatic carbocycles. The van der Waals surface area contributed by atoms with Gasteiger partial charge in [-0.1, -0.05) is 25.3 Å². The number of carboxylic acid groups (broad SMARTS) is 2. The number of pyridine rings is 2. The molecular weight excluding hydrogens is 528 g/mol. The molecule has 0 atom stereocenters. The summed E-state index contributed by atoms with van der Waals surface area (Å²) in [5, 5.41) is 21.5. The third-order valence-corrected chi connectivity index (χ3v) is 4.91. The fourth-order valence-electron chi connectivity index (χ4n) is 3.28. The summed E-state index contributed by atoms with van der Waals surface area (Å²) >= 11 is 3.57. The molecule has 1 saturated carbocycles. The first-order valence-electron chi connectivity index (χ1n) is 9.98. The van der Waals surface area contributed by atoms with Crippen LogP contribution in [0.15, 0.2) is 47.2 Å². The van der Waals surface area contributed by atoms with Crippen molar-refractivity contribution in [2.24, 2.45) is 0 Å². The monoisotopic (exact) mass is 551 g/mol. The zero-order chi connectivity index (χ0) is 22.8. The van der Waals surface area contributed by atoms with Gasteiger partial charge in [0.25, 0.3) is 0 Å². The van der Waals surface area contributed by atoms with E-state index in [2.05, 4.69) is 36.8 Å². The van der Waals surface area contributed by atoms with Gasteiger partial charge in [0.1, 0.15) is 17.2 Å². The smallest absolute Gasteiger partial charge is 0.550 e. The van der Waals surface area contributed by atoms with Crippen LogP contribution in [-0.4, -0.2) is 32.3 Å². The van der Waals surface area contributed by atoms with Crippen molar-refractivity contribution >= 4 is 39.3 Å². The number of imidazole rings is 1. The average Bonchev–Trinajstić information content (AvgIpc) is 3.06. The number of rotatable bonds is 3. The third-order valence-electron chi connectivity index (χ3n) is 4.44. The molecule has 0 bridgehead atoms. The van der Waals surface area contributed by atoms with Gasteiger partial charge in [0.15, 0.2) is 0 Å². The molecule has 10 heteroatoms. The maximum atomic E-state index is 8.89. The number of halogens is 1. The number of fused-ring (bicyclic) bond motifs is 1. The van der Waals surface area contributed by atoms with Crippen LogP contribution in [0.25, 0.3) is 17.0 Å². The molecule has 0 saturated heterocycles. The van der Waals surface area contributed by atoms with Crippen LogP contribution in [-0.2, 0) is 26.7 Å². The zero-order valence-electron chi connectivity index (χ0n) is 17.8. The molecule has 3 heterocycles. The summed E-state index contributed by atoms with van der Waals surface area (Å²) in [4.78, 5) is 27.1. The van der Waals surface area contributed by atoms with Gasteiger partial charge < -0.3 is 25.1 Å². The van der Waals surface area contributed by atoms with E-state index in [1.54, 1.807) is 0 Å². The summed E-state index contributed by atoms with van der Waals surface area (Å²) in [5.74, 6) is -1.12. The number of hydrogen-bond donors (Lipinski definition) is 1. The van der Waals surface area contributed by atoms with Crippen LogP contribution in [0.2, 0.25) is 0 Å². The van der Waals surface area contributed by atoms with Gasteiger partial charge in [-0.2, -0.15) is 0 Å². The van der Waals surface area contributed by atoms with Crippen molar-refractivity contribution in [1.82, 2.24) is 14.4 Å². The Bertz CT molecular complexity index is 988. The van der Waals surface area contributed by atoms with E-state index < -0.39 is 11.9 Å². The molecule has 1 radical (unpaired) electrons. The van der Waals surface area contributed by atoms with Crippen LogP contribution < -0.4 is 15.5 Å². The summed E-state index contributed by atoms with van der Waals surface area (Å²) in [6.45, 7) is 1.94. The summed E-state index contributed by atoms with van der Waals surface area (Å²) in [6, 6.07) is 10.5. The van der Waals surface area contributed by atoms with Gasteiger partial charge >= 0.3 is 17.1 Å². The Morgan fingerprint density at radius 3 is 2.25 bits per heavy atom. The molecule has 175 valence electrons. The molecule has 0 aliphatic heterocycles. The molecule has 1 aliphatic rings. The quantitative estimate of drug-likeness (QED) is 0.495. The van der Waals surface area contributed by atoms with Crippen molar-refractivity contribution in [2.45, 2.75) is 52.0 Å². The van der Waals surface area contributed by atoms with Crippen molar-refractivity contribution in [3.8, 4) is 11.4 Å². The summed E-state index contributed by atoms with van der Waals surface area (Å²) in [7, 11) is 0. The molecule has 1 N–H and O–H groups in total. The van der Waals surface area contributed by atoms with Gasteiger partial charge in [-0.05, 0) is 66.9 Å². The number of nitrogens with zero attached hydrogens (tertiary/aromatic N) is 3. The second-order valence-electron chi connectivity index (χ2n) is 7.06. The number of aromatic nitrogens is 3. The second-order valence-corrected chi connectivity index (χ2v) is 7.98. The van der Waals surface area contributed by atoms with Gasteiger partial charge in [-0.15, -0.1) is 0 Å². The van der Waals surface area contributed by atoms with E-state index in [0.29, 0.717) is 6.04 Å². The first-order chi connectivity index (χ1) is 14.8. The molecule has 0 aromatic carbocycles. The Balaban J connectivity index is 0.000000497. The van der Waals surface area contributed by atoms with Crippen LogP contribution in [0, 0.1) is 0 Å². The van der Waals surface area contributed by atoms with Crippen molar-refractivity contribution in [2.75, 3.05) is 5.32 Å². The van der Waals surface area contributed by atoms with E-state index in [4.69, 9.17) is 24.8 Å². The Morgan fingerprint density at radius 1 is 1.06 bits per heavy atom. The maximum absolute atomic E-state index is 8.89. The van der Waals surface area contributed by atoms with E-state index in [-0.39, 0.29) is 17.1 Å². The number of nitrogens with one attached hydrogen (secondary N) is 1. The van der Waals surface area contributed by atoms with Crippen molar-refractivity contribution in [3.63, 3.8) is 0 Å². The fraction of sp³-hybridized carbons (Fsp3) is 0.364. The van der Waals surface area contributed by atoms with Crippen LogP contribution in [0.5, 0.6) is 0 Å². The number of carboxylic acids is 2. The minimum atomic E-state index is -1.08. The number of carbonyl (C=O) groups excluding carboxylic acids is 2. The van der Waals surface area contributed by atoms with Gasteiger partial charge in [-0.3, -0.25) is 9.38 Å². The molecule has 3 aromatic heterocycles. The van der Waals surface area contributed by atoms with Gasteiger partial charge in [0.2, 0.25) is 0 Å². The summed E-state index contributed by atoms with van der Waals surface area (Å²) in [5.41, 5.74) is 2.77. The third kappa shape index (κ3) is 8.98. The number of carbonyl (C=O) groups is 2. The van der Waals surface area contributed by atoms with Crippen molar-refractivity contribution in [3.05, 3.63) is 47.2 Å². The maximum Gasteiger partial charge on any atom is 2.00 e. The summed E-state index contributed by atoms with van der Waals surface area (Å²) in [6.07, 6.45) is 10.3. The fourth-order valence-corrected chi connectivity index (χ4v) is 3.62. The Morgan fingerprint density at radius 2 is 1.69 bits per heavy atom. The van der Waals surface area contributed by atoms with Crippen LogP contribution in [0.1, 0.15) is 46.0 Å². The van der Waals surface area contributed by atoms with E-state index >= 15 is 0 Å². The zero-order valence-corrected chi connectivity index (χ0v) is 20.3. The predicted molar refractivity (Wildman–Crippen MR) is 118 cm³/mol. The van der Waals surface area contributed by atoms with Crippen molar-refractivity contribution in [1.29, 1.82) is 0 Å². The largest absolute Gasteiger partial charge is 2.00 e.